The molecular formula is C60H108O11. The van der Waals surface area contributed by atoms with Gasteiger partial charge in [0.25, 0.3) is 0 Å². The Labute approximate surface area is 433 Å². The number of esters is 3. The number of ether oxygens (including phenoxy) is 4. The van der Waals surface area contributed by atoms with Crippen molar-refractivity contribution in [2.45, 2.75) is 314 Å². The maximum Gasteiger partial charge on any atom is 0.306 e. The van der Waals surface area contributed by atoms with Crippen LogP contribution in [0, 0.1) is 0 Å². The Kier molecular flexibility index (Phi) is 45.3. The number of unbranched alkanes of at least 4 members (excludes halogenated alkanes) is 24. The van der Waals surface area contributed by atoms with Gasteiger partial charge >= 0.3 is 17.9 Å². The zero-order chi connectivity index (χ0) is 51.8. The molecule has 0 aromatic rings. The highest BCUT2D eigenvalue weighted by Gasteiger charge is 2.47. The molecule has 1 aliphatic rings. The molecule has 0 radical (unpaired) electrons. The molecule has 1 rings (SSSR count). The maximum atomic E-state index is 13.2. The highest BCUT2D eigenvalue weighted by molar-refractivity contribution is 5.71. The van der Waals surface area contributed by atoms with Gasteiger partial charge in [-0.3, -0.25) is 14.4 Å². The van der Waals surface area contributed by atoms with E-state index >= 15 is 0 Å². The van der Waals surface area contributed by atoms with Crippen molar-refractivity contribution in [3.05, 3.63) is 36.5 Å². The summed E-state index contributed by atoms with van der Waals surface area (Å²) in [6.07, 6.45) is 44.4. The van der Waals surface area contributed by atoms with Crippen molar-refractivity contribution in [1.29, 1.82) is 0 Å². The van der Waals surface area contributed by atoms with Gasteiger partial charge in [-0.2, -0.15) is 0 Å². The maximum absolute atomic E-state index is 13.2. The van der Waals surface area contributed by atoms with Gasteiger partial charge in [-0.1, -0.05) is 192 Å². The smallest absolute Gasteiger partial charge is 0.306 e. The minimum absolute atomic E-state index is 0.0347. The van der Waals surface area contributed by atoms with E-state index in [9.17, 15) is 34.8 Å². The van der Waals surface area contributed by atoms with Crippen molar-refractivity contribution in [3.63, 3.8) is 0 Å². The van der Waals surface area contributed by atoms with Crippen molar-refractivity contribution >= 4 is 17.9 Å². The Balaban J connectivity index is 2.56. The van der Waals surface area contributed by atoms with E-state index < -0.39 is 48.9 Å². The third-order valence-electron chi connectivity index (χ3n) is 13.7. The van der Waals surface area contributed by atoms with Crippen LogP contribution in [0.25, 0.3) is 0 Å². The molecule has 0 amide bonds. The van der Waals surface area contributed by atoms with E-state index in [1.54, 1.807) is 0 Å². The summed E-state index contributed by atoms with van der Waals surface area (Å²) in [7, 11) is 0. The Bertz CT molecular complexity index is 1330. The lowest BCUT2D eigenvalue weighted by atomic mass is 10.0. The van der Waals surface area contributed by atoms with Crippen LogP contribution in [0.5, 0.6) is 0 Å². The second-order valence-corrected chi connectivity index (χ2v) is 20.5. The molecule has 7 atom stereocenters. The molecular weight excluding hydrogens is 897 g/mol. The van der Waals surface area contributed by atoms with Crippen molar-refractivity contribution in [3.8, 4) is 0 Å². The molecule has 1 saturated heterocycles. The first-order valence-electron chi connectivity index (χ1n) is 29.4. The van der Waals surface area contributed by atoms with E-state index in [0.717, 1.165) is 135 Å². The number of hydrogen-bond acceptors (Lipinski definition) is 11. The number of allylic oxidation sites excluding steroid dienone is 3. The number of aliphatic hydroxyl groups is 4. The van der Waals surface area contributed by atoms with E-state index in [2.05, 4.69) is 57.2 Å². The summed E-state index contributed by atoms with van der Waals surface area (Å²) in [5, 5.41) is 40.9. The highest BCUT2D eigenvalue weighted by atomic mass is 16.6. The summed E-state index contributed by atoms with van der Waals surface area (Å²) in [4.78, 5) is 39.3. The fourth-order valence-electron chi connectivity index (χ4n) is 9.12. The number of carbonyl (C=O) groups excluding carboxylic acids is 3. The van der Waals surface area contributed by atoms with Crippen LogP contribution in [0.15, 0.2) is 36.5 Å². The van der Waals surface area contributed by atoms with Gasteiger partial charge in [0, 0.05) is 19.3 Å². The zero-order valence-corrected chi connectivity index (χ0v) is 45.6. The third-order valence-corrected chi connectivity index (χ3v) is 13.7. The molecule has 0 spiro atoms. The van der Waals surface area contributed by atoms with E-state index in [4.69, 9.17) is 18.9 Å². The molecule has 414 valence electrons. The Morgan fingerprint density at radius 3 is 1.21 bits per heavy atom. The second kappa shape index (κ2) is 48.4. The SMILES string of the molecule is CCCCCC[C@@H](O)C/C=C\CCCCCCCC(=O)O[C@H]1[C@@H]([C@@H](CO)OC(=O)CCCCCCC/C=C\C[C@H](O)CCCCCC)OC[C@@H]1OC(=O)CCCCCCC/C=C\C[C@H](O)CCCCCC. The van der Waals surface area contributed by atoms with Gasteiger partial charge in [-0.05, 0) is 96.3 Å². The quantitative estimate of drug-likeness (QED) is 0.0198. The topological polar surface area (TPSA) is 169 Å². The van der Waals surface area contributed by atoms with Gasteiger partial charge in [0.15, 0.2) is 18.3 Å². The van der Waals surface area contributed by atoms with Gasteiger partial charge in [0.1, 0.15) is 6.10 Å². The van der Waals surface area contributed by atoms with Crippen LogP contribution in [0.1, 0.15) is 271 Å². The second-order valence-electron chi connectivity index (χ2n) is 20.5. The fourth-order valence-corrected chi connectivity index (χ4v) is 9.12. The van der Waals surface area contributed by atoms with Gasteiger partial charge in [-0.25, -0.2) is 0 Å². The first kappa shape index (κ1) is 66.4. The minimum Gasteiger partial charge on any atom is -0.457 e. The first-order chi connectivity index (χ1) is 34.6. The van der Waals surface area contributed by atoms with Gasteiger partial charge in [0.2, 0.25) is 0 Å². The lowest BCUT2D eigenvalue weighted by Crippen LogP contribution is -2.46. The van der Waals surface area contributed by atoms with E-state index in [0.29, 0.717) is 38.5 Å². The van der Waals surface area contributed by atoms with Crippen molar-refractivity contribution in [2.75, 3.05) is 13.2 Å². The predicted molar refractivity (Wildman–Crippen MR) is 289 cm³/mol. The molecule has 0 saturated carbocycles. The van der Waals surface area contributed by atoms with Crippen LogP contribution >= 0.6 is 0 Å². The first-order valence-corrected chi connectivity index (χ1v) is 29.4. The fraction of sp³-hybridized carbons (Fsp3) is 0.850. The monoisotopic (exact) mass is 1000 g/mol. The average molecular weight is 1010 g/mol. The van der Waals surface area contributed by atoms with Crippen LogP contribution in [-0.2, 0) is 33.3 Å². The molecule has 4 N–H and O–H groups in total. The summed E-state index contributed by atoms with van der Waals surface area (Å²) in [6, 6.07) is 0. The molecule has 1 fully saturated rings. The molecule has 0 aromatic heterocycles. The molecule has 0 bridgehead atoms. The van der Waals surface area contributed by atoms with E-state index in [1.165, 1.54) is 57.8 Å². The van der Waals surface area contributed by atoms with Crippen LogP contribution in [0.2, 0.25) is 0 Å². The molecule has 1 aliphatic heterocycles. The molecule has 11 nitrogen and oxygen atoms in total. The number of rotatable bonds is 50. The third kappa shape index (κ3) is 39.6. The summed E-state index contributed by atoms with van der Waals surface area (Å²) < 4.78 is 23.5. The van der Waals surface area contributed by atoms with Gasteiger partial charge < -0.3 is 39.4 Å². The summed E-state index contributed by atoms with van der Waals surface area (Å²) >= 11 is 0. The van der Waals surface area contributed by atoms with Gasteiger partial charge in [0.05, 0.1) is 31.5 Å². The minimum atomic E-state index is -1.08. The Hall–Kier alpha value is -2.57. The van der Waals surface area contributed by atoms with Crippen molar-refractivity contribution in [1.82, 2.24) is 0 Å². The number of carbonyl (C=O) groups is 3. The molecule has 71 heavy (non-hydrogen) atoms. The van der Waals surface area contributed by atoms with Crippen LogP contribution in [0.4, 0.5) is 0 Å². The van der Waals surface area contributed by atoms with Crippen LogP contribution in [-0.4, -0.2) is 94.3 Å². The Morgan fingerprint density at radius 2 is 0.817 bits per heavy atom. The normalized spacial score (nSPS) is 17.9. The zero-order valence-electron chi connectivity index (χ0n) is 45.6. The van der Waals surface area contributed by atoms with Crippen molar-refractivity contribution in [2.24, 2.45) is 0 Å². The summed E-state index contributed by atoms with van der Waals surface area (Å²) in [5.41, 5.74) is 0. The van der Waals surface area contributed by atoms with Gasteiger partial charge in [-0.15, -0.1) is 0 Å². The molecule has 0 aliphatic carbocycles. The number of hydrogen-bond donors (Lipinski definition) is 4. The average Bonchev–Trinajstić information content (AvgIpc) is 3.74. The molecule has 11 heteroatoms. The molecule has 1 heterocycles. The lowest BCUT2D eigenvalue weighted by molar-refractivity contribution is -0.175. The van der Waals surface area contributed by atoms with Crippen LogP contribution < -0.4 is 0 Å². The summed E-state index contributed by atoms with van der Waals surface area (Å²) in [6.45, 7) is 6.01. The number of aliphatic hydroxyl groups excluding tert-OH is 4. The van der Waals surface area contributed by atoms with E-state index in [-0.39, 0.29) is 44.2 Å². The van der Waals surface area contributed by atoms with Crippen LogP contribution in [0.3, 0.4) is 0 Å². The van der Waals surface area contributed by atoms with E-state index in [1.807, 2.05) is 0 Å². The predicted octanol–water partition coefficient (Wildman–Crippen LogP) is 14.1. The lowest BCUT2D eigenvalue weighted by Gasteiger charge is -2.28. The Morgan fingerprint density at radius 1 is 0.465 bits per heavy atom. The largest absolute Gasteiger partial charge is 0.457 e. The molecule has 0 unspecified atom stereocenters. The highest BCUT2D eigenvalue weighted by Crippen LogP contribution is 2.27. The summed E-state index contributed by atoms with van der Waals surface area (Å²) in [5.74, 6) is -1.29. The van der Waals surface area contributed by atoms with Crippen molar-refractivity contribution < 1.29 is 53.8 Å². The molecule has 0 aromatic carbocycles. The standard InChI is InChI=1S/C60H108O11/c1-4-7-10-31-40-51(62)43-34-25-19-13-16-22-28-37-46-56(65)69-54(49-61)59-60(71-58(67)48-39-30-24-18-15-21-27-36-45-53(64)42-33-12-9-6-3)55(50-68-59)70-57(66)47-38-29-23-17-14-20-26-35-44-52(63)41-32-11-8-5-2/h25-27,34-36,51-55,59-64H,4-24,28-33,37-50H2,1-3H3/b34-25-,35-26-,36-27-/t51-,52-,53-,54-,55+,59-,60-/m1/s1.